The largest absolute Gasteiger partial charge is 0.455 e. The van der Waals surface area contributed by atoms with E-state index in [1.54, 1.807) is 19.1 Å². The maximum atomic E-state index is 12.8. The Morgan fingerprint density at radius 1 is 1.12 bits per heavy atom. The molecule has 5 nitrogen and oxygen atoms in total. The minimum absolute atomic E-state index is 0.0801. The highest BCUT2D eigenvalue weighted by Crippen LogP contribution is 2.27. The average Bonchev–Trinajstić information content (AvgIpc) is 2.65. The number of nitrogens with zero attached hydrogens (tertiary/aromatic N) is 1. The molecule has 0 saturated carbocycles. The fourth-order valence-electron chi connectivity index (χ4n) is 3.03. The van der Waals surface area contributed by atoms with Gasteiger partial charge < -0.3 is 14.4 Å². The molecule has 0 fully saturated rings. The molecule has 0 aliphatic heterocycles. The molecule has 2 aromatic carbocycles. The van der Waals surface area contributed by atoms with E-state index < -0.39 is 0 Å². The van der Waals surface area contributed by atoms with E-state index in [4.69, 9.17) is 4.42 Å². The number of aliphatic hydroxyl groups excluding tert-OH is 1. The van der Waals surface area contributed by atoms with E-state index in [0.717, 1.165) is 11.1 Å². The quantitative estimate of drug-likeness (QED) is 0.767. The highest BCUT2D eigenvalue weighted by atomic mass is 16.3. The predicted octanol–water partition coefficient (Wildman–Crippen LogP) is 3.11. The van der Waals surface area contributed by atoms with E-state index in [1.807, 2.05) is 36.4 Å². The number of hydrogen-bond acceptors (Lipinski definition) is 4. The van der Waals surface area contributed by atoms with Crippen molar-refractivity contribution in [2.75, 3.05) is 13.2 Å². The van der Waals surface area contributed by atoms with Crippen molar-refractivity contribution < 1.29 is 14.3 Å². The molecule has 0 unspecified atom stereocenters. The van der Waals surface area contributed by atoms with Gasteiger partial charge in [-0.1, -0.05) is 42.5 Å². The number of benzene rings is 2. The lowest BCUT2D eigenvalue weighted by Gasteiger charge is -2.20. The van der Waals surface area contributed by atoms with Crippen LogP contribution in [-0.2, 0) is 11.3 Å². The number of aliphatic hydroxyl groups is 1. The molecule has 3 aromatic rings. The SMILES string of the molecule is CC(=O)N(CCO)Cc1cccc2c(=O)c(C)c(-c3ccccc3)oc12. The zero-order valence-electron chi connectivity index (χ0n) is 14.9. The fourth-order valence-corrected chi connectivity index (χ4v) is 3.03. The molecule has 0 radical (unpaired) electrons. The van der Waals surface area contributed by atoms with Gasteiger partial charge in [0.1, 0.15) is 11.3 Å². The number of carbonyl (C=O) groups excluding carboxylic acids is 1. The third-order valence-electron chi connectivity index (χ3n) is 4.44. The van der Waals surface area contributed by atoms with Crippen LogP contribution in [0.25, 0.3) is 22.3 Å². The number of hydrogen-bond donors (Lipinski definition) is 1. The van der Waals surface area contributed by atoms with E-state index in [1.165, 1.54) is 11.8 Å². The summed E-state index contributed by atoms with van der Waals surface area (Å²) in [6.45, 7) is 3.59. The first-order valence-electron chi connectivity index (χ1n) is 8.50. The second-order valence-corrected chi connectivity index (χ2v) is 6.21. The van der Waals surface area contributed by atoms with Crippen molar-refractivity contribution in [1.82, 2.24) is 4.90 Å². The van der Waals surface area contributed by atoms with Crippen LogP contribution in [0.3, 0.4) is 0 Å². The lowest BCUT2D eigenvalue weighted by Crippen LogP contribution is -2.31. The molecule has 5 heteroatoms. The Hall–Kier alpha value is -2.92. The Kier molecular flexibility index (Phi) is 5.19. The summed E-state index contributed by atoms with van der Waals surface area (Å²) in [7, 11) is 0. The molecule has 1 N–H and O–H groups in total. The third-order valence-corrected chi connectivity index (χ3v) is 4.44. The first kappa shape index (κ1) is 17.9. The molecular weight excluding hydrogens is 330 g/mol. The van der Waals surface area contributed by atoms with Crippen molar-refractivity contribution in [3.8, 4) is 11.3 Å². The molecule has 3 rings (SSSR count). The summed E-state index contributed by atoms with van der Waals surface area (Å²) < 4.78 is 6.15. The Morgan fingerprint density at radius 3 is 2.50 bits per heavy atom. The van der Waals surface area contributed by atoms with Crippen LogP contribution in [0.5, 0.6) is 0 Å². The molecule has 1 amide bonds. The standard InChI is InChI=1S/C21H21NO4/c1-14-19(25)18-10-6-9-17(13-22(11-12-23)15(2)24)21(18)26-20(14)16-7-4-3-5-8-16/h3-10,23H,11-13H2,1-2H3. The van der Waals surface area contributed by atoms with Crippen molar-refractivity contribution in [3.05, 3.63) is 69.9 Å². The molecule has 0 saturated heterocycles. The lowest BCUT2D eigenvalue weighted by atomic mass is 10.0. The topological polar surface area (TPSA) is 70.8 Å². The third kappa shape index (κ3) is 3.39. The maximum absolute atomic E-state index is 12.8. The van der Waals surface area contributed by atoms with E-state index >= 15 is 0 Å². The van der Waals surface area contributed by atoms with Gasteiger partial charge >= 0.3 is 0 Å². The Bertz CT molecular complexity index is 992. The average molecular weight is 351 g/mol. The van der Waals surface area contributed by atoms with E-state index in [2.05, 4.69) is 0 Å². The van der Waals surface area contributed by atoms with Crippen LogP contribution in [0.15, 0.2) is 57.7 Å². The summed E-state index contributed by atoms with van der Waals surface area (Å²) in [5, 5.41) is 9.68. The number of carbonyl (C=O) groups is 1. The number of para-hydroxylation sites is 1. The van der Waals surface area contributed by atoms with Crippen molar-refractivity contribution in [1.29, 1.82) is 0 Å². The summed E-state index contributed by atoms with van der Waals surface area (Å²) in [4.78, 5) is 26.2. The van der Waals surface area contributed by atoms with Crippen LogP contribution >= 0.6 is 0 Å². The van der Waals surface area contributed by atoms with Crippen LogP contribution in [0.4, 0.5) is 0 Å². The first-order valence-corrected chi connectivity index (χ1v) is 8.50. The molecule has 26 heavy (non-hydrogen) atoms. The van der Waals surface area contributed by atoms with Gasteiger partial charge in [0.25, 0.3) is 0 Å². The number of amides is 1. The summed E-state index contributed by atoms with van der Waals surface area (Å²) in [5.74, 6) is 0.390. The minimum atomic E-state index is -0.145. The van der Waals surface area contributed by atoms with Gasteiger partial charge in [-0.05, 0) is 13.0 Å². The van der Waals surface area contributed by atoms with Crippen LogP contribution in [-0.4, -0.2) is 29.1 Å². The van der Waals surface area contributed by atoms with Crippen LogP contribution in [0.1, 0.15) is 18.1 Å². The van der Waals surface area contributed by atoms with Crippen molar-refractivity contribution in [3.63, 3.8) is 0 Å². The zero-order valence-corrected chi connectivity index (χ0v) is 14.9. The highest BCUT2D eigenvalue weighted by molar-refractivity contribution is 5.83. The van der Waals surface area contributed by atoms with Gasteiger partial charge in [0.15, 0.2) is 5.43 Å². The van der Waals surface area contributed by atoms with Gasteiger partial charge in [-0.3, -0.25) is 9.59 Å². The van der Waals surface area contributed by atoms with Gasteiger partial charge in [-0.15, -0.1) is 0 Å². The van der Waals surface area contributed by atoms with Crippen LogP contribution in [0, 0.1) is 6.92 Å². The van der Waals surface area contributed by atoms with Crippen LogP contribution in [0.2, 0.25) is 0 Å². The molecule has 134 valence electrons. The summed E-state index contributed by atoms with van der Waals surface area (Å²) >= 11 is 0. The van der Waals surface area contributed by atoms with Crippen molar-refractivity contribution in [2.24, 2.45) is 0 Å². The number of fused-ring (bicyclic) bond motifs is 1. The molecule has 0 atom stereocenters. The Balaban J connectivity index is 2.18. The minimum Gasteiger partial charge on any atom is -0.455 e. The van der Waals surface area contributed by atoms with Crippen molar-refractivity contribution in [2.45, 2.75) is 20.4 Å². The Morgan fingerprint density at radius 2 is 1.85 bits per heavy atom. The molecule has 0 bridgehead atoms. The summed E-state index contributed by atoms with van der Waals surface area (Å²) in [6, 6.07) is 14.8. The predicted molar refractivity (Wildman–Crippen MR) is 101 cm³/mol. The molecule has 0 aliphatic rings. The van der Waals surface area contributed by atoms with E-state index in [9.17, 15) is 14.7 Å². The van der Waals surface area contributed by atoms with Gasteiger partial charge in [0.05, 0.1) is 12.0 Å². The Labute approximate surface area is 151 Å². The molecule has 1 aromatic heterocycles. The zero-order chi connectivity index (χ0) is 18.7. The first-order chi connectivity index (χ1) is 12.5. The molecule has 0 aliphatic carbocycles. The second kappa shape index (κ2) is 7.54. The second-order valence-electron chi connectivity index (χ2n) is 6.21. The normalized spacial score (nSPS) is 10.9. The smallest absolute Gasteiger partial charge is 0.219 e. The van der Waals surface area contributed by atoms with E-state index in [0.29, 0.717) is 22.3 Å². The molecule has 0 spiro atoms. The molecular formula is C21H21NO4. The number of rotatable bonds is 5. The summed E-state index contributed by atoms with van der Waals surface area (Å²) in [6.07, 6.45) is 0. The van der Waals surface area contributed by atoms with Crippen LogP contribution < -0.4 is 5.43 Å². The fraction of sp³-hybridized carbons (Fsp3) is 0.238. The summed E-state index contributed by atoms with van der Waals surface area (Å²) in [5.41, 5.74) is 2.52. The monoisotopic (exact) mass is 351 g/mol. The van der Waals surface area contributed by atoms with Gasteiger partial charge in [0.2, 0.25) is 5.91 Å². The van der Waals surface area contributed by atoms with Gasteiger partial charge in [0, 0.05) is 36.7 Å². The van der Waals surface area contributed by atoms with Crippen molar-refractivity contribution >= 4 is 16.9 Å². The maximum Gasteiger partial charge on any atom is 0.219 e. The van der Waals surface area contributed by atoms with Gasteiger partial charge in [-0.2, -0.15) is 0 Å². The lowest BCUT2D eigenvalue weighted by molar-refractivity contribution is -0.129. The van der Waals surface area contributed by atoms with E-state index in [-0.39, 0.29) is 31.0 Å². The van der Waals surface area contributed by atoms with Gasteiger partial charge in [-0.25, -0.2) is 0 Å². The highest BCUT2D eigenvalue weighted by Gasteiger charge is 2.17. The molecule has 1 heterocycles.